The summed E-state index contributed by atoms with van der Waals surface area (Å²) < 4.78 is 10.7. The molecule has 4 rings (SSSR count). The molecule has 1 saturated heterocycles. The third kappa shape index (κ3) is 4.75. The second-order valence-electron chi connectivity index (χ2n) is 7.83. The van der Waals surface area contributed by atoms with E-state index in [0.717, 1.165) is 55.2 Å². The Morgan fingerprint density at radius 1 is 1.03 bits per heavy atom. The highest BCUT2D eigenvalue weighted by Gasteiger charge is 2.26. The number of anilines is 1. The molecule has 1 aliphatic rings. The van der Waals surface area contributed by atoms with Crippen molar-refractivity contribution in [1.29, 1.82) is 0 Å². The number of furan rings is 1. The van der Waals surface area contributed by atoms with E-state index in [1.807, 2.05) is 50.2 Å². The van der Waals surface area contributed by atoms with Gasteiger partial charge in [-0.25, -0.2) is 0 Å². The van der Waals surface area contributed by atoms with E-state index in [9.17, 15) is 4.79 Å². The quantitative estimate of drug-likeness (QED) is 0.566. The van der Waals surface area contributed by atoms with Gasteiger partial charge in [-0.15, -0.1) is 0 Å². The number of quaternary nitrogens is 2. The van der Waals surface area contributed by atoms with Crippen LogP contribution in [0.5, 0.6) is 0 Å². The van der Waals surface area contributed by atoms with Crippen molar-refractivity contribution in [3.63, 3.8) is 0 Å². The maximum absolute atomic E-state index is 12.5. The average molecular weight is 396 g/mol. The number of hydrogen-bond donors (Lipinski definition) is 3. The van der Waals surface area contributed by atoms with E-state index in [4.69, 9.17) is 8.94 Å². The average Bonchev–Trinajstić information content (AvgIpc) is 3.38. The lowest BCUT2D eigenvalue weighted by molar-refractivity contribution is -1.02. The number of hydrogen-bond acceptors (Lipinski definition) is 4. The van der Waals surface area contributed by atoms with Crippen LogP contribution in [0.3, 0.4) is 0 Å². The zero-order valence-electron chi connectivity index (χ0n) is 17.0. The zero-order chi connectivity index (χ0) is 20.2. The summed E-state index contributed by atoms with van der Waals surface area (Å²) in [5, 5.41) is 7.27. The van der Waals surface area contributed by atoms with Crippen molar-refractivity contribution >= 4 is 11.6 Å². The first-order chi connectivity index (χ1) is 14.1. The van der Waals surface area contributed by atoms with E-state index >= 15 is 0 Å². The van der Waals surface area contributed by atoms with E-state index in [-0.39, 0.29) is 5.91 Å². The summed E-state index contributed by atoms with van der Waals surface area (Å²) in [6, 6.07) is 11.7. The molecule has 29 heavy (non-hydrogen) atoms. The van der Waals surface area contributed by atoms with Crippen LogP contribution in [0, 0.1) is 13.8 Å². The van der Waals surface area contributed by atoms with Gasteiger partial charge in [-0.2, -0.15) is 0 Å². The van der Waals surface area contributed by atoms with Crippen molar-refractivity contribution in [3.8, 4) is 11.5 Å². The molecular formula is C22H28N4O3+2. The summed E-state index contributed by atoms with van der Waals surface area (Å²) in [6.45, 7) is 9.35. The van der Waals surface area contributed by atoms with E-state index in [2.05, 4.69) is 10.5 Å². The molecule has 0 atom stereocenters. The summed E-state index contributed by atoms with van der Waals surface area (Å²) in [5.74, 6) is 1.44. The van der Waals surface area contributed by atoms with Crippen molar-refractivity contribution in [2.24, 2.45) is 0 Å². The van der Waals surface area contributed by atoms with Crippen molar-refractivity contribution < 1.29 is 23.5 Å². The molecule has 0 bridgehead atoms. The third-order valence-electron chi connectivity index (χ3n) is 5.57. The lowest BCUT2D eigenvalue weighted by atomic mass is 10.1. The molecule has 1 aliphatic heterocycles. The fourth-order valence-electron chi connectivity index (χ4n) is 3.92. The molecule has 7 nitrogen and oxygen atoms in total. The first-order valence-corrected chi connectivity index (χ1v) is 10.1. The molecule has 0 aliphatic carbocycles. The van der Waals surface area contributed by atoms with Crippen molar-refractivity contribution in [1.82, 2.24) is 5.16 Å². The van der Waals surface area contributed by atoms with Crippen molar-refractivity contribution in [2.45, 2.75) is 20.4 Å². The second-order valence-corrected chi connectivity index (χ2v) is 7.83. The Morgan fingerprint density at radius 3 is 2.45 bits per heavy atom. The Labute approximate surface area is 170 Å². The Hall–Kier alpha value is -2.90. The van der Waals surface area contributed by atoms with Gasteiger partial charge in [-0.05, 0) is 37.1 Å². The van der Waals surface area contributed by atoms with Crippen LogP contribution in [-0.4, -0.2) is 43.8 Å². The number of carbonyl (C=O) groups excluding carboxylic acids is 1. The van der Waals surface area contributed by atoms with Gasteiger partial charge in [0.1, 0.15) is 38.4 Å². The smallest absolute Gasteiger partial charge is 0.279 e. The number of aryl methyl sites for hydroxylation is 2. The largest absolute Gasteiger partial charge is 0.461 e. The van der Waals surface area contributed by atoms with Gasteiger partial charge in [-0.1, -0.05) is 23.4 Å². The maximum Gasteiger partial charge on any atom is 0.279 e. The van der Waals surface area contributed by atoms with E-state index in [1.165, 1.54) is 9.80 Å². The molecule has 0 spiro atoms. The number of piperazine rings is 1. The van der Waals surface area contributed by atoms with Crippen LogP contribution in [0.15, 0.2) is 51.6 Å². The standard InChI is InChI=1S/C22H26N4O3/c1-16-5-3-6-17(2)22(16)23-21(27)15-26-10-8-25(9-11-26)14-18-13-20(29-24-18)19-7-4-12-28-19/h3-7,12-13H,8-11,14-15H2,1-2H3,(H,23,27)/p+2. The number of amides is 1. The Bertz CT molecular complexity index is 936. The van der Waals surface area contributed by atoms with E-state index < -0.39 is 0 Å². The first-order valence-electron chi connectivity index (χ1n) is 10.1. The van der Waals surface area contributed by atoms with Gasteiger partial charge in [0.05, 0.1) is 6.26 Å². The minimum atomic E-state index is 0.0837. The van der Waals surface area contributed by atoms with Crippen LogP contribution in [0.25, 0.3) is 11.5 Å². The molecular weight excluding hydrogens is 368 g/mol. The van der Waals surface area contributed by atoms with Crippen LogP contribution >= 0.6 is 0 Å². The zero-order valence-corrected chi connectivity index (χ0v) is 17.0. The molecule has 0 saturated carbocycles. The fraction of sp³-hybridized carbons (Fsp3) is 0.364. The molecule has 1 fully saturated rings. The van der Waals surface area contributed by atoms with Gasteiger partial charge in [0.15, 0.2) is 12.3 Å². The monoisotopic (exact) mass is 396 g/mol. The van der Waals surface area contributed by atoms with Gasteiger partial charge >= 0.3 is 0 Å². The first kappa shape index (κ1) is 19.4. The van der Waals surface area contributed by atoms with Crippen molar-refractivity contribution in [2.75, 3.05) is 38.0 Å². The maximum atomic E-state index is 12.5. The molecule has 1 amide bonds. The number of benzene rings is 1. The number of nitrogens with zero attached hydrogens (tertiary/aromatic N) is 1. The van der Waals surface area contributed by atoms with Crippen LogP contribution < -0.4 is 15.1 Å². The van der Waals surface area contributed by atoms with Gasteiger partial charge in [0, 0.05) is 11.8 Å². The highest BCUT2D eigenvalue weighted by molar-refractivity contribution is 5.93. The highest BCUT2D eigenvalue weighted by atomic mass is 16.5. The van der Waals surface area contributed by atoms with Crippen LogP contribution in [0.4, 0.5) is 5.69 Å². The van der Waals surface area contributed by atoms with Gasteiger partial charge < -0.3 is 24.1 Å². The topological polar surface area (TPSA) is 77.1 Å². The van der Waals surface area contributed by atoms with Gasteiger partial charge in [0.25, 0.3) is 5.91 Å². The fourth-order valence-corrected chi connectivity index (χ4v) is 3.92. The third-order valence-corrected chi connectivity index (χ3v) is 5.57. The molecule has 3 aromatic rings. The van der Waals surface area contributed by atoms with E-state index in [1.54, 1.807) is 6.26 Å². The highest BCUT2D eigenvalue weighted by Crippen LogP contribution is 2.20. The minimum absolute atomic E-state index is 0.0837. The summed E-state index contributed by atoms with van der Waals surface area (Å²) in [5.41, 5.74) is 4.08. The van der Waals surface area contributed by atoms with Crippen molar-refractivity contribution in [3.05, 3.63) is 59.5 Å². The normalized spacial score (nSPS) is 19.2. The summed E-state index contributed by atoms with van der Waals surface area (Å²) in [4.78, 5) is 15.3. The molecule has 1 aromatic carbocycles. The Kier molecular flexibility index (Phi) is 5.78. The molecule has 152 valence electrons. The lowest BCUT2D eigenvalue weighted by Gasteiger charge is -2.28. The summed E-state index contributed by atoms with van der Waals surface area (Å²) >= 11 is 0. The number of aromatic nitrogens is 1. The predicted molar refractivity (Wildman–Crippen MR) is 109 cm³/mol. The number of nitrogens with one attached hydrogen (secondary N) is 3. The second kappa shape index (κ2) is 8.63. The molecule has 3 heterocycles. The molecule has 0 unspecified atom stereocenters. The van der Waals surface area contributed by atoms with Crippen LogP contribution in [0.1, 0.15) is 16.8 Å². The summed E-state index contributed by atoms with van der Waals surface area (Å²) in [6.07, 6.45) is 1.63. The minimum Gasteiger partial charge on any atom is -0.461 e. The summed E-state index contributed by atoms with van der Waals surface area (Å²) in [7, 11) is 0. The van der Waals surface area contributed by atoms with E-state index in [0.29, 0.717) is 18.1 Å². The number of para-hydroxylation sites is 1. The van der Waals surface area contributed by atoms with Crippen LogP contribution in [0.2, 0.25) is 0 Å². The lowest BCUT2D eigenvalue weighted by Crippen LogP contribution is -3.28. The molecule has 2 aromatic heterocycles. The number of carbonyl (C=O) groups is 1. The van der Waals surface area contributed by atoms with Gasteiger partial charge in [-0.3, -0.25) is 4.79 Å². The molecule has 0 radical (unpaired) electrons. The SMILES string of the molecule is Cc1cccc(C)c1NC(=O)C[NH+]1CC[NH+](Cc2cc(-c3ccco3)on2)CC1. The van der Waals surface area contributed by atoms with Gasteiger partial charge in [0.2, 0.25) is 5.76 Å². The Morgan fingerprint density at radius 2 is 1.76 bits per heavy atom. The Balaban J connectivity index is 1.25. The molecule has 3 N–H and O–H groups in total. The molecule has 7 heteroatoms. The number of rotatable bonds is 6. The predicted octanol–water partition coefficient (Wildman–Crippen LogP) is 0.474. The van der Waals surface area contributed by atoms with Crippen LogP contribution in [-0.2, 0) is 11.3 Å².